The lowest BCUT2D eigenvalue weighted by Gasteiger charge is -2.39. The third-order valence-electron chi connectivity index (χ3n) is 9.73. The highest BCUT2D eigenvalue weighted by molar-refractivity contribution is 5.95. The number of pyridine rings is 1. The number of nitrogens with one attached hydrogen (secondary N) is 1. The van der Waals surface area contributed by atoms with Crippen LogP contribution in [0.2, 0.25) is 0 Å². The maximum atomic E-state index is 13.3. The van der Waals surface area contributed by atoms with Crippen molar-refractivity contribution in [2.24, 2.45) is 5.92 Å². The zero-order chi connectivity index (χ0) is 30.6. The molecule has 1 aliphatic carbocycles. The molecule has 1 aromatic heterocycles. The van der Waals surface area contributed by atoms with Gasteiger partial charge >= 0.3 is 0 Å². The Morgan fingerprint density at radius 2 is 1.48 bits per heavy atom. The molecule has 0 bridgehead atoms. The van der Waals surface area contributed by atoms with Gasteiger partial charge in [-0.25, -0.2) is 0 Å². The van der Waals surface area contributed by atoms with Gasteiger partial charge < -0.3 is 20.0 Å². The number of hydrogen-bond donors (Lipinski definition) is 1. The summed E-state index contributed by atoms with van der Waals surface area (Å²) in [6, 6.07) is 19.3. The fraction of sp³-hybridized carbons (Fsp3) is 0.432. The Labute approximate surface area is 262 Å². The number of amides is 2. The molecule has 2 saturated heterocycles. The zero-order valence-electron chi connectivity index (χ0n) is 26.4. The van der Waals surface area contributed by atoms with Gasteiger partial charge in [0.15, 0.2) is 0 Å². The number of nitrogens with zero attached hydrogens (tertiary/aromatic N) is 4. The highest BCUT2D eigenvalue weighted by atomic mass is 16.2. The van der Waals surface area contributed by atoms with Gasteiger partial charge in [-0.15, -0.1) is 0 Å². The van der Waals surface area contributed by atoms with Gasteiger partial charge in [0.1, 0.15) is 0 Å². The smallest absolute Gasteiger partial charge is 0.253 e. The Hall–Kier alpha value is -3.97. The van der Waals surface area contributed by atoms with Crippen molar-refractivity contribution in [2.45, 2.75) is 52.0 Å². The largest absolute Gasteiger partial charge is 0.367 e. The van der Waals surface area contributed by atoms with Crippen LogP contribution in [0.5, 0.6) is 0 Å². The summed E-state index contributed by atoms with van der Waals surface area (Å²) in [6.07, 6.45) is 8.84. The number of carbonyl (C=O) groups is 2. The standard InChI is InChI=1S/C37H45N5O2/c1-26-7-9-29(10-8-26)35(31-15-17-40(3)18-16-31)30-13-11-28(12-14-30)27(2)39-36(43)33-23-34(25-38-24-33)41-19-21-42(22-20-41)37(44)32-5-4-6-32/h7-14,23-25,27,32H,4-6,15-22H2,1-3H3,(H,39,43)/t27-/m1/s1. The molecule has 3 aliphatic rings. The molecule has 7 heteroatoms. The summed E-state index contributed by atoms with van der Waals surface area (Å²) in [5, 5.41) is 3.18. The number of aromatic nitrogens is 1. The van der Waals surface area contributed by atoms with Gasteiger partial charge in [0.2, 0.25) is 5.91 Å². The lowest BCUT2D eigenvalue weighted by atomic mass is 9.84. The summed E-state index contributed by atoms with van der Waals surface area (Å²) in [5.74, 6) is 0.414. The van der Waals surface area contributed by atoms with Crippen molar-refractivity contribution in [3.8, 4) is 0 Å². The molecule has 230 valence electrons. The van der Waals surface area contributed by atoms with E-state index < -0.39 is 0 Å². The number of benzene rings is 2. The first kappa shape index (κ1) is 30.1. The molecule has 1 saturated carbocycles. The van der Waals surface area contributed by atoms with E-state index in [0.29, 0.717) is 11.5 Å². The van der Waals surface area contributed by atoms with Crippen LogP contribution in [0.3, 0.4) is 0 Å². The first-order valence-electron chi connectivity index (χ1n) is 16.2. The van der Waals surface area contributed by atoms with Crippen LogP contribution in [0.15, 0.2) is 72.6 Å². The summed E-state index contributed by atoms with van der Waals surface area (Å²) in [7, 11) is 2.19. The van der Waals surface area contributed by atoms with Crippen LogP contribution in [-0.2, 0) is 4.79 Å². The average molecular weight is 592 g/mol. The highest BCUT2D eigenvalue weighted by Gasteiger charge is 2.31. The maximum Gasteiger partial charge on any atom is 0.253 e. The predicted octanol–water partition coefficient (Wildman–Crippen LogP) is 5.86. The molecule has 2 amide bonds. The van der Waals surface area contributed by atoms with Crippen LogP contribution in [0.25, 0.3) is 5.57 Å². The summed E-state index contributed by atoms with van der Waals surface area (Å²) < 4.78 is 0. The van der Waals surface area contributed by atoms with E-state index in [9.17, 15) is 9.59 Å². The van der Waals surface area contributed by atoms with Gasteiger partial charge in [-0.3, -0.25) is 14.6 Å². The van der Waals surface area contributed by atoms with Crippen molar-refractivity contribution in [1.82, 2.24) is 20.1 Å². The van der Waals surface area contributed by atoms with Gasteiger partial charge in [0.05, 0.1) is 23.5 Å². The Morgan fingerprint density at radius 3 is 2.09 bits per heavy atom. The number of hydrogen-bond acceptors (Lipinski definition) is 5. The molecule has 7 nitrogen and oxygen atoms in total. The van der Waals surface area contributed by atoms with E-state index in [0.717, 1.165) is 76.2 Å². The minimum atomic E-state index is -0.153. The zero-order valence-corrected chi connectivity index (χ0v) is 26.4. The number of piperidine rings is 1. The molecule has 3 aromatic rings. The normalized spacial score (nSPS) is 18.5. The van der Waals surface area contributed by atoms with E-state index in [2.05, 4.69) is 82.6 Å². The second-order valence-electron chi connectivity index (χ2n) is 12.8. The Kier molecular flexibility index (Phi) is 9.12. The van der Waals surface area contributed by atoms with Gasteiger partial charge in [-0.05, 0) is 74.9 Å². The van der Waals surface area contributed by atoms with Gasteiger partial charge in [-0.1, -0.05) is 66.1 Å². The van der Waals surface area contributed by atoms with E-state index in [1.165, 1.54) is 34.3 Å². The molecule has 0 spiro atoms. The van der Waals surface area contributed by atoms with Crippen molar-refractivity contribution in [3.05, 3.63) is 100 Å². The lowest BCUT2D eigenvalue weighted by molar-refractivity contribution is -0.138. The van der Waals surface area contributed by atoms with Crippen molar-refractivity contribution < 1.29 is 9.59 Å². The number of anilines is 1. The minimum absolute atomic E-state index is 0.136. The van der Waals surface area contributed by atoms with Crippen LogP contribution < -0.4 is 10.2 Å². The van der Waals surface area contributed by atoms with Crippen molar-refractivity contribution in [1.29, 1.82) is 0 Å². The number of aryl methyl sites for hydroxylation is 1. The number of piperazine rings is 1. The fourth-order valence-corrected chi connectivity index (χ4v) is 6.56. The van der Waals surface area contributed by atoms with E-state index in [4.69, 9.17) is 0 Å². The van der Waals surface area contributed by atoms with E-state index in [1.807, 2.05) is 24.1 Å². The molecule has 3 fully saturated rings. The quantitative estimate of drug-likeness (QED) is 0.373. The summed E-state index contributed by atoms with van der Waals surface area (Å²) in [4.78, 5) is 37.0. The summed E-state index contributed by atoms with van der Waals surface area (Å²) in [6.45, 7) is 9.27. The topological polar surface area (TPSA) is 68.8 Å². The van der Waals surface area contributed by atoms with Gasteiger partial charge in [-0.2, -0.15) is 0 Å². The Balaban J connectivity index is 1.11. The fourth-order valence-electron chi connectivity index (χ4n) is 6.56. The van der Waals surface area contributed by atoms with Crippen LogP contribution >= 0.6 is 0 Å². The minimum Gasteiger partial charge on any atom is -0.367 e. The molecule has 44 heavy (non-hydrogen) atoms. The number of likely N-dealkylation sites (tertiary alicyclic amines) is 1. The van der Waals surface area contributed by atoms with Crippen molar-refractivity contribution >= 4 is 23.1 Å². The second kappa shape index (κ2) is 13.3. The van der Waals surface area contributed by atoms with Crippen LogP contribution in [0, 0.1) is 12.8 Å². The molecule has 6 rings (SSSR count). The summed E-state index contributed by atoms with van der Waals surface area (Å²) >= 11 is 0. The van der Waals surface area contributed by atoms with Gasteiger partial charge in [0.25, 0.3) is 5.91 Å². The molecule has 2 aliphatic heterocycles. The molecule has 0 unspecified atom stereocenters. The van der Waals surface area contributed by atoms with Crippen LogP contribution in [-0.4, -0.2) is 72.9 Å². The second-order valence-corrected chi connectivity index (χ2v) is 12.8. The molecule has 1 N–H and O–H groups in total. The SMILES string of the molecule is Cc1ccc(C(=C2CCN(C)CC2)c2ccc([C@@H](C)NC(=O)c3cncc(N4CCN(C(=O)C5CCC5)CC4)c3)cc2)cc1. The van der Waals surface area contributed by atoms with Crippen LogP contribution in [0.1, 0.15) is 77.7 Å². The Bertz CT molecular complexity index is 1490. The van der Waals surface area contributed by atoms with Crippen molar-refractivity contribution in [3.63, 3.8) is 0 Å². The van der Waals surface area contributed by atoms with E-state index in [-0.39, 0.29) is 17.9 Å². The average Bonchev–Trinajstić information content (AvgIpc) is 3.02. The molecule has 2 aromatic carbocycles. The summed E-state index contributed by atoms with van der Waals surface area (Å²) in [5.41, 5.74) is 9.15. The molecule has 3 heterocycles. The molecule has 1 atom stereocenters. The van der Waals surface area contributed by atoms with Crippen LogP contribution in [0.4, 0.5) is 5.69 Å². The lowest BCUT2D eigenvalue weighted by Crippen LogP contribution is -2.51. The monoisotopic (exact) mass is 591 g/mol. The van der Waals surface area contributed by atoms with Crippen molar-refractivity contribution in [2.75, 3.05) is 51.2 Å². The van der Waals surface area contributed by atoms with E-state index in [1.54, 1.807) is 6.20 Å². The van der Waals surface area contributed by atoms with E-state index >= 15 is 0 Å². The molecular weight excluding hydrogens is 546 g/mol. The first-order valence-corrected chi connectivity index (χ1v) is 16.2. The maximum absolute atomic E-state index is 13.3. The molecular formula is C37H45N5O2. The predicted molar refractivity (Wildman–Crippen MR) is 177 cm³/mol. The molecule has 0 radical (unpaired) electrons. The third kappa shape index (κ3) is 6.73. The number of carbonyl (C=O) groups excluding carboxylic acids is 2. The first-order chi connectivity index (χ1) is 21.4. The third-order valence-corrected chi connectivity index (χ3v) is 9.73. The highest BCUT2D eigenvalue weighted by Crippen LogP contribution is 2.33. The van der Waals surface area contributed by atoms with Gasteiger partial charge in [0, 0.05) is 51.4 Å². The number of rotatable bonds is 7. The Morgan fingerprint density at radius 1 is 0.841 bits per heavy atom.